The van der Waals surface area contributed by atoms with Crippen LogP contribution in [0.15, 0.2) is 36.0 Å². The van der Waals surface area contributed by atoms with Crippen LogP contribution in [-0.2, 0) is 14.6 Å². The standard InChI is InChI=1S/C17H21N3O4S/c1-3-20(14-8-9-25(22,23)12-14)11-13(10-18)17(21)19-15-6-4-5-7-16(15)24-2/h4-7,11,14H,3,8-9,12H2,1-2H3,(H,19,21)/b13-11-. The van der Waals surface area contributed by atoms with Crippen molar-refractivity contribution in [3.05, 3.63) is 36.0 Å². The van der Waals surface area contributed by atoms with Crippen LogP contribution in [0.3, 0.4) is 0 Å². The average molecular weight is 363 g/mol. The maximum atomic E-state index is 12.4. The van der Waals surface area contributed by atoms with E-state index in [9.17, 15) is 18.5 Å². The Hall–Kier alpha value is -2.53. The van der Waals surface area contributed by atoms with E-state index in [4.69, 9.17) is 4.74 Å². The summed E-state index contributed by atoms with van der Waals surface area (Å²) in [5, 5.41) is 12.0. The van der Waals surface area contributed by atoms with Gasteiger partial charge in [0.15, 0.2) is 9.84 Å². The van der Waals surface area contributed by atoms with Gasteiger partial charge >= 0.3 is 0 Å². The number of nitriles is 1. The van der Waals surface area contributed by atoms with E-state index in [2.05, 4.69) is 5.32 Å². The first-order chi connectivity index (χ1) is 11.9. The van der Waals surface area contributed by atoms with Crippen LogP contribution in [0.4, 0.5) is 5.69 Å². The highest BCUT2D eigenvalue weighted by atomic mass is 32.2. The molecule has 1 heterocycles. The number of nitrogens with one attached hydrogen (secondary N) is 1. The first kappa shape index (κ1) is 18.8. The van der Waals surface area contributed by atoms with Gasteiger partial charge < -0.3 is 15.0 Å². The number of nitrogens with zero attached hydrogens (tertiary/aromatic N) is 2. The van der Waals surface area contributed by atoms with Crippen molar-refractivity contribution < 1.29 is 17.9 Å². The Morgan fingerprint density at radius 3 is 2.76 bits per heavy atom. The molecule has 0 aliphatic carbocycles. The van der Waals surface area contributed by atoms with Crippen molar-refractivity contribution >= 4 is 21.4 Å². The number of benzene rings is 1. The van der Waals surface area contributed by atoms with Gasteiger partial charge in [0, 0.05) is 18.8 Å². The number of para-hydroxylation sites is 2. The predicted octanol–water partition coefficient (Wildman–Crippen LogP) is 1.55. The predicted molar refractivity (Wildman–Crippen MR) is 94.8 cm³/mol. The number of sulfone groups is 1. The lowest BCUT2D eigenvalue weighted by Gasteiger charge is -2.25. The summed E-state index contributed by atoms with van der Waals surface area (Å²) in [6.45, 7) is 2.36. The first-order valence-corrected chi connectivity index (χ1v) is 9.74. The Labute approximate surface area is 147 Å². The van der Waals surface area contributed by atoms with Crippen molar-refractivity contribution in [3.8, 4) is 11.8 Å². The Kier molecular flexibility index (Phi) is 6.04. The lowest BCUT2D eigenvalue weighted by atomic mass is 10.2. The zero-order valence-electron chi connectivity index (χ0n) is 14.2. The summed E-state index contributed by atoms with van der Waals surface area (Å²) in [5.41, 5.74) is 0.375. The molecule has 8 heteroatoms. The second-order valence-corrected chi connectivity index (χ2v) is 7.93. The third-order valence-electron chi connectivity index (χ3n) is 4.06. The highest BCUT2D eigenvalue weighted by molar-refractivity contribution is 7.91. The van der Waals surface area contributed by atoms with Crippen LogP contribution < -0.4 is 10.1 Å². The number of amides is 1. The molecule has 25 heavy (non-hydrogen) atoms. The van der Waals surface area contributed by atoms with E-state index in [1.807, 2.05) is 13.0 Å². The van der Waals surface area contributed by atoms with Crippen molar-refractivity contribution in [1.29, 1.82) is 5.26 Å². The van der Waals surface area contributed by atoms with Crippen LogP contribution in [0, 0.1) is 11.3 Å². The number of anilines is 1. The van der Waals surface area contributed by atoms with Crippen molar-refractivity contribution in [2.24, 2.45) is 0 Å². The van der Waals surface area contributed by atoms with Crippen LogP contribution in [-0.4, -0.2) is 50.4 Å². The molecular weight excluding hydrogens is 342 g/mol. The van der Waals surface area contributed by atoms with Crippen LogP contribution >= 0.6 is 0 Å². The van der Waals surface area contributed by atoms with Crippen LogP contribution in [0.5, 0.6) is 5.75 Å². The fourth-order valence-corrected chi connectivity index (χ4v) is 4.48. The summed E-state index contributed by atoms with van der Waals surface area (Å²) in [5.74, 6) is 0.107. The minimum Gasteiger partial charge on any atom is -0.495 e. The van der Waals surface area contributed by atoms with Crippen molar-refractivity contribution in [2.45, 2.75) is 19.4 Å². The molecule has 1 aromatic rings. The minimum absolute atomic E-state index is 0.0458. The molecule has 7 nitrogen and oxygen atoms in total. The smallest absolute Gasteiger partial charge is 0.267 e. The molecule has 1 amide bonds. The zero-order chi connectivity index (χ0) is 18.4. The van der Waals surface area contributed by atoms with E-state index in [1.54, 1.807) is 29.2 Å². The molecule has 1 aromatic carbocycles. The molecule has 2 rings (SSSR count). The summed E-state index contributed by atoms with van der Waals surface area (Å²) in [7, 11) is -1.55. The van der Waals surface area contributed by atoms with Gasteiger partial charge in [-0.1, -0.05) is 12.1 Å². The van der Waals surface area contributed by atoms with E-state index in [0.29, 0.717) is 24.4 Å². The monoisotopic (exact) mass is 363 g/mol. The summed E-state index contributed by atoms with van der Waals surface area (Å²) in [4.78, 5) is 14.1. The number of hydrogen-bond acceptors (Lipinski definition) is 6. The summed E-state index contributed by atoms with van der Waals surface area (Å²) < 4.78 is 28.5. The van der Waals surface area contributed by atoms with Crippen molar-refractivity contribution in [1.82, 2.24) is 4.90 Å². The maximum Gasteiger partial charge on any atom is 0.267 e. The molecule has 1 atom stereocenters. The van der Waals surface area contributed by atoms with Gasteiger partial charge in [-0.25, -0.2) is 8.42 Å². The highest BCUT2D eigenvalue weighted by Crippen LogP contribution is 2.24. The van der Waals surface area contributed by atoms with Gasteiger partial charge in [-0.3, -0.25) is 4.79 Å². The molecule has 0 aromatic heterocycles. The zero-order valence-corrected chi connectivity index (χ0v) is 15.0. The number of hydrogen-bond donors (Lipinski definition) is 1. The molecule has 0 spiro atoms. The van der Waals surface area contributed by atoms with Gasteiger partial charge in [0.2, 0.25) is 0 Å². The third kappa shape index (κ3) is 4.73. The summed E-state index contributed by atoms with van der Waals surface area (Å²) in [6, 6.07) is 8.57. The van der Waals surface area contributed by atoms with Crippen molar-refractivity contribution in [3.63, 3.8) is 0 Å². The molecule has 0 bridgehead atoms. The molecule has 1 N–H and O–H groups in total. The number of carbonyl (C=O) groups is 1. The van der Waals surface area contributed by atoms with E-state index in [1.165, 1.54) is 13.3 Å². The fraction of sp³-hybridized carbons (Fsp3) is 0.412. The Bertz CT molecular complexity index is 811. The molecule has 1 fully saturated rings. The maximum absolute atomic E-state index is 12.4. The molecule has 1 unspecified atom stereocenters. The number of carbonyl (C=O) groups excluding carboxylic acids is 1. The Morgan fingerprint density at radius 2 is 2.20 bits per heavy atom. The van der Waals surface area contributed by atoms with Crippen LogP contribution in [0.1, 0.15) is 13.3 Å². The first-order valence-electron chi connectivity index (χ1n) is 7.92. The van der Waals surface area contributed by atoms with Gasteiger partial charge in [0.05, 0.1) is 24.3 Å². The molecule has 0 radical (unpaired) electrons. The van der Waals surface area contributed by atoms with E-state index < -0.39 is 15.7 Å². The fourth-order valence-electron chi connectivity index (χ4n) is 2.73. The van der Waals surface area contributed by atoms with E-state index in [0.717, 1.165) is 0 Å². The van der Waals surface area contributed by atoms with Gasteiger partial charge in [-0.2, -0.15) is 5.26 Å². The van der Waals surface area contributed by atoms with Crippen LogP contribution in [0.2, 0.25) is 0 Å². The number of rotatable bonds is 6. The largest absolute Gasteiger partial charge is 0.495 e. The Balaban J connectivity index is 2.18. The SMILES string of the molecule is CCN(/C=C(/C#N)C(=O)Nc1ccccc1OC)C1CCS(=O)(=O)C1. The quantitative estimate of drug-likeness (QED) is 0.608. The lowest BCUT2D eigenvalue weighted by Crippen LogP contribution is -2.32. The second kappa shape index (κ2) is 8.03. The van der Waals surface area contributed by atoms with Crippen LogP contribution in [0.25, 0.3) is 0 Å². The topological polar surface area (TPSA) is 99.5 Å². The summed E-state index contributed by atoms with van der Waals surface area (Å²) in [6.07, 6.45) is 1.94. The molecule has 1 saturated heterocycles. The Morgan fingerprint density at radius 1 is 1.48 bits per heavy atom. The number of methoxy groups -OCH3 is 1. The van der Waals surface area contributed by atoms with E-state index in [-0.39, 0.29) is 23.1 Å². The molecule has 134 valence electrons. The molecule has 1 aliphatic heterocycles. The molecule has 1 aliphatic rings. The van der Waals surface area contributed by atoms with Gasteiger partial charge in [-0.15, -0.1) is 0 Å². The van der Waals surface area contributed by atoms with Gasteiger partial charge in [0.1, 0.15) is 17.4 Å². The minimum atomic E-state index is -3.04. The highest BCUT2D eigenvalue weighted by Gasteiger charge is 2.31. The summed E-state index contributed by atoms with van der Waals surface area (Å²) >= 11 is 0. The average Bonchev–Trinajstić information content (AvgIpc) is 2.96. The second-order valence-electron chi connectivity index (χ2n) is 5.70. The van der Waals surface area contributed by atoms with Crippen molar-refractivity contribution in [2.75, 3.05) is 30.5 Å². The van der Waals surface area contributed by atoms with Gasteiger partial charge in [0.25, 0.3) is 5.91 Å². The normalized spacial score (nSPS) is 19.1. The molecule has 0 saturated carbocycles. The van der Waals surface area contributed by atoms with Gasteiger partial charge in [-0.05, 0) is 25.5 Å². The number of ether oxygens (including phenoxy) is 1. The lowest BCUT2D eigenvalue weighted by molar-refractivity contribution is -0.112. The third-order valence-corrected chi connectivity index (χ3v) is 5.81. The molecular formula is C17H21N3O4S. The van der Waals surface area contributed by atoms with E-state index >= 15 is 0 Å².